The zero-order chi connectivity index (χ0) is 40.3. The smallest absolute Gasteiger partial charge is 0.463 e. The molecule has 0 aliphatic rings. The van der Waals surface area contributed by atoms with Gasteiger partial charge < -0.3 is 20.1 Å². The van der Waals surface area contributed by atoms with Gasteiger partial charge >= 0.3 is 13.8 Å². The first kappa shape index (κ1) is 51.9. The number of phosphoric acid groups is 1. The first-order chi connectivity index (χ1) is 26.8. The molecule has 55 heavy (non-hydrogen) atoms. The highest BCUT2D eigenvalue weighted by Gasteiger charge is 2.23. The molecule has 0 aromatic rings. The molecule has 0 heterocycles. The molecule has 2 unspecified atom stereocenters. The molecular weight excluding hydrogens is 713 g/mol. The van der Waals surface area contributed by atoms with Crippen molar-refractivity contribution in [1.82, 2.24) is 5.32 Å². The fraction of sp³-hybridized carbons (Fsp3) is 0.600. The maximum atomic E-state index is 12.1. The number of ether oxygens (including phenoxy) is 1. The lowest BCUT2D eigenvalue weighted by molar-refractivity contribution is -0.147. The van der Waals surface area contributed by atoms with Gasteiger partial charge in [0, 0.05) is 19.4 Å². The standard InChI is InChI=1S/C45H74NO8P/c1-3-5-7-9-11-13-15-17-19-20-21-22-24-25-27-29-31-33-35-37-44(48)46-39-40-53-55(50,51)54-42-43(47)41-52-45(49)38-36-34-32-30-28-26-23-18-16-14-12-10-8-6-4-2/h6,8,11-14,17-19,21-23,25,27-28,30,43,47H,3-5,7,9-10,15-16,20,24,26,29,31-42H2,1-2H3,(H,46,48)(H,50,51)/b8-6-,13-11-,14-12-,19-17-,22-21-,23-18-,27-25-,30-28-. The molecule has 0 bridgehead atoms. The van der Waals surface area contributed by atoms with Crippen LogP contribution in [0.5, 0.6) is 0 Å². The molecule has 0 aliphatic heterocycles. The molecule has 0 aromatic heterocycles. The lowest BCUT2D eigenvalue weighted by atomic mass is 10.1. The summed E-state index contributed by atoms with van der Waals surface area (Å²) < 4.78 is 26.8. The zero-order valence-corrected chi connectivity index (χ0v) is 35.0. The first-order valence-corrected chi connectivity index (χ1v) is 22.2. The number of rotatable bonds is 37. The van der Waals surface area contributed by atoms with Gasteiger partial charge in [-0.15, -0.1) is 0 Å². The summed E-state index contributed by atoms with van der Waals surface area (Å²) in [4.78, 5) is 33.8. The van der Waals surface area contributed by atoms with E-state index in [2.05, 4.69) is 116 Å². The Morgan fingerprint density at radius 1 is 0.582 bits per heavy atom. The average molecular weight is 788 g/mol. The van der Waals surface area contributed by atoms with Crippen molar-refractivity contribution < 1.29 is 37.9 Å². The largest absolute Gasteiger partial charge is 0.472 e. The van der Waals surface area contributed by atoms with E-state index in [0.717, 1.165) is 83.5 Å². The Kier molecular flexibility index (Phi) is 38.3. The molecule has 10 heteroatoms. The van der Waals surface area contributed by atoms with Crippen molar-refractivity contribution in [3.63, 3.8) is 0 Å². The number of unbranched alkanes of at least 4 members (excludes halogenated alkanes) is 8. The number of allylic oxidation sites excluding steroid dienone is 16. The van der Waals surface area contributed by atoms with Crippen LogP contribution in [-0.4, -0.2) is 54.3 Å². The predicted octanol–water partition coefficient (Wildman–Crippen LogP) is 11.4. The van der Waals surface area contributed by atoms with E-state index in [1.54, 1.807) is 0 Å². The van der Waals surface area contributed by atoms with Gasteiger partial charge in [-0.2, -0.15) is 0 Å². The maximum absolute atomic E-state index is 12.1. The molecule has 0 aliphatic carbocycles. The minimum atomic E-state index is -4.44. The topological polar surface area (TPSA) is 131 Å². The molecule has 3 N–H and O–H groups in total. The second-order valence-corrected chi connectivity index (χ2v) is 14.7. The normalized spacial score (nSPS) is 14.3. The van der Waals surface area contributed by atoms with Crippen molar-refractivity contribution in [2.75, 3.05) is 26.4 Å². The lowest BCUT2D eigenvalue weighted by Crippen LogP contribution is -2.27. The van der Waals surface area contributed by atoms with E-state index < -0.39 is 26.5 Å². The summed E-state index contributed by atoms with van der Waals surface area (Å²) in [5, 5.41) is 12.6. The summed E-state index contributed by atoms with van der Waals surface area (Å²) in [6, 6.07) is 0. The second-order valence-electron chi connectivity index (χ2n) is 13.2. The van der Waals surface area contributed by atoms with Crippen LogP contribution >= 0.6 is 7.82 Å². The quantitative estimate of drug-likeness (QED) is 0.0245. The summed E-state index contributed by atoms with van der Waals surface area (Å²) >= 11 is 0. The summed E-state index contributed by atoms with van der Waals surface area (Å²) in [7, 11) is -4.44. The van der Waals surface area contributed by atoms with E-state index in [9.17, 15) is 24.2 Å². The number of aliphatic hydroxyl groups excluding tert-OH is 1. The van der Waals surface area contributed by atoms with Crippen LogP contribution in [0.4, 0.5) is 0 Å². The Bertz CT molecular complexity index is 1220. The predicted molar refractivity (Wildman–Crippen MR) is 229 cm³/mol. The van der Waals surface area contributed by atoms with Crippen LogP contribution in [0.1, 0.15) is 142 Å². The first-order valence-electron chi connectivity index (χ1n) is 20.7. The van der Waals surface area contributed by atoms with Gasteiger partial charge in [0.05, 0.1) is 13.2 Å². The van der Waals surface area contributed by atoms with E-state index in [1.165, 1.54) is 25.7 Å². The molecular formula is C45H74NO8P. The summed E-state index contributed by atoms with van der Waals surface area (Å²) in [6.45, 7) is 3.29. The lowest BCUT2D eigenvalue weighted by Gasteiger charge is -2.15. The number of carbonyl (C=O) groups is 2. The summed E-state index contributed by atoms with van der Waals surface area (Å²) in [5.41, 5.74) is 0. The number of phosphoric ester groups is 1. The van der Waals surface area contributed by atoms with Crippen LogP contribution in [0.2, 0.25) is 0 Å². The van der Waals surface area contributed by atoms with E-state index in [-0.39, 0.29) is 32.1 Å². The van der Waals surface area contributed by atoms with Crippen LogP contribution in [0.25, 0.3) is 0 Å². The van der Waals surface area contributed by atoms with E-state index in [0.29, 0.717) is 12.8 Å². The molecule has 0 radical (unpaired) electrons. The van der Waals surface area contributed by atoms with Gasteiger partial charge in [-0.05, 0) is 96.3 Å². The number of esters is 1. The molecule has 1 amide bonds. The SMILES string of the molecule is CC/C=C\C/C=C\C/C=C\C/C=C\CCCCC(=O)OCC(O)COP(=O)(O)OCCNC(=O)CCCCC/C=C\C/C=C\C/C=C\C/C=C\CCCCC. The van der Waals surface area contributed by atoms with Crippen molar-refractivity contribution >= 4 is 19.7 Å². The number of nitrogens with one attached hydrogen (secondary N) is 1. The number of amides is 1. The number of carbonyl (C=O) groups excluding carboxylic acids is 2. The third-order valence-electron chi connectivity index (χ3n) is 8.00. The molecule has 2 atom stereocenters. The van der Waals surface area contributed by atoms with Gasteiger partial charge in [-0.1, -0.05) is 130 Å². The molecule has 0 saturated carbocycles. The van der Waals surface area contributed by atoms with Crippen LogP contribution in [0.3, 0.4) is 0 Å². The van der Waals surface area contributed by atoms with Crippen LogP contribution in [0.15, 0.2) is 97.2 Å². The summed E-state index contributed by atoms with van der Waals surface area (Å²) in [5.74, 6) is -0.600. The Balaban J connectivity index is 3.75. The number of hydrogen-bond donors (Lipinski definition) is 3. The van der Waals surface area contributed by atoms with Crippen molar-refractivity contribution in [1.29, 1.82) is 0 Å². The fourth-order valence-electron chi connectivity index (χ4n) is 4.88. The third kappa shape index (κ3) is 41.9. The molecule has 0 saturated heterocycles. The molecule has 0 aromatic carbocycles. The minimum absolute atomic E-state index is 0.0530. The van der Waals surface area contributed by atoms with E-state index in [1.807, 2.05) is 0 Å². The maximum Gasteiger partial charge on any atom is 0.472 e. The fourth-order valence-corrected chi connectivity index (χ4v) is 5.64. The van der Waals surface area contributed by atoms with Gasteiger partial charge in [0.1, 0.15) is 12.7 Å². The van der Waals surface area contributed by atoms with E-state index in [4.69, 9.17) is 13.8 Å². The highest BCUT2D eigenvalue weighted by Crippen LogP contribution is 2.42. The van der Waals surface area contributed by atoms with Crippen LogP contribution in [-0.2, 0) is 27.9 Å². The van der Waals surface area contributed by atoms with Crippen molar-refractivity contribution in [2.45, 2.75) is 148 Å². The summed E-state index contributed by atoms with van der Waals surface area (Å²) in [6.07, 6.45) is 52.0. The van der Waals surface area contributed by atoms with Crippen molar-refractivity contribution in [3.8, 4) is 0 Å². The van der Waals surface area contributed by atoms with Gasteiger partial charge in [-0.3, -0.25) is 18.6 Å². The zero-order valence-electron chi connectivity index (χ0n) is 34.1. The number of hydrogen-bond acceptors (Lipinski definition) is 7. The average Bonchev–Trinajstić information content (AvgIpc) is 3.17. The van der Waals surface area contributed by atoms with Crippen molar-refractivity contribution in [3.05, 3.63) is 97.2 Å². The van der Waals surface area contributed by atoms with Gasteiger partial charge in [0.15, 0.2) is 0 Å². The Hall–Kier alpha value is -3.07. The van der Waals surface area contributed by atoms with Crippen LogP contribution < -0.4 is 5.32 Å². The molecule has 0 spiro atoms. The van der Waals surface area contributed by atoms with Crippen molar-refractivity contribution in [2.24, 2.45) is 0 Å². The monoisotopic (exact) mass is 788 g/mol. The molecule has 0 fully saturated rings. The Morgan fingerprint density at radius 3 is 1.55 bits per heavy atom. The highest BCUT2D eigenvalue weighted by molar-refractivity contribution is 7.47. The molecule has 9 nitrogen and oxygen atoms in total. The second kappa shape index (κ2) is 40.6. The third-order valence-corrected chi connectivity index (χ3v) is 8.98. The van der Waals surface area contributed by atoms with Crippen LogP contribution in [0, 0.1) is 0 Å². The Labute approximate surface area is 334 Å². The highest BCUT2D eigenvalue weighted by atomic mass is 31.2. The van der Waals surface area contributed by atoms with E-state index >= 15 is 0 Å². The van der Waals surface area contributed by atoms with Gasteiger partial charge in [-0.25, -0.2) is 4.57 Å². The molecule has 0 rings (SSSR count). The van der Waals surface area contributed by atoms with Gasteiger partial charge in [0.2, 0.25) is 5.91 Å². The number of aliphatic hydroxyl groups is 1. The Morgan fingerprint density at radius 2 is 1.04 bits per heavy atom. The minimum Gasteiger partial charge on any atom is -0.463 e. The molecule has 312 valence electrons. The van der Waals surface area contributed by atoms with Gasteiger partial charge in [0.25, 0.3) is 0 Å².